The van der Waals surface area contributed by atoms with E-state index in [1.165, 1.54) is 46.8 Å². The summed E-state index contributed by atoms with van der Waals surface area (Å²) in [5.74, 6) is -1.75. The fourth-order valence-electron chi connectivity index (χ4n) is 3.15. The van der Waals surface area contributed by atoms with Gasteiger partial charge in [-0.05, 0) is 63.1 Å². The fraction of sp³-hybridized carbons (Fsp3) is 0.400. The Morgan fingerprint density at radius 3 is 2.55 bits per heavy atom. The Hall–Kier alpha value is -2.50. The van der Waals surface area contributed by atoms with Crippen molar-refractivity contribution in [3.63, 3.8) is 0 Å². The first kappa shape index (κ1) is 23.2. The van der Waals surface area contributed by atoms with E-state index < -0.39 is 39.7 Å². The second-order valence-corrected chi connectivity index (χ2v) is 10.7. The minimum Gasteiger partial charge on any atom is -0.481 e. The zero-order chi connectivity index (χ0) is 22.6. The van der Waals surface area contributed by atoms with E-state index in [1.54, 1.807) is 12.1 Å². The molecule has 2 unspecified atom stereocenters. The highest BCUT2D eigenvalue weighted by atomic mass is 32.2. The van der Waals surface area contributed by atoms with Gasteiger partial charge in [0.25, 0.3) is 15.9 Å². The van der Waals surface area contributed by atoms with Crippen molar-refractivity contribution < 1.29 is 27.1 Å². The zero-order valence-electron chi connectivity index (χ0n) is 17.1. The third kappa shape index (κ3) is 5.81. The van der Waals surface area contributed by atoms with Crippen molar-refractivity contribution in [2.75, 3.05) is 13.1 Å². The van der Waals surface area contributed by atoms with Crippen LogP contribution in [-0.2, 0) is 19.6 Å². The second kappa shape index (κ2) is 9.75. The zero-order valence-corrected chi connectivity index (χ0v) is 18.8. The number of hydrogen-bond donors (Lipinski definition) is 2. The van der Waals surface area contributed by atoms with Crippen molar-refractivity contribution >= 4 is 33.2 Å². The summed E-state index contributed by atoms with van der Waals surface area (Å²) in [5, 5.41) is 0. The number of sulfonamides is 1. The van der Waals surface area contributed by atoms with E-state index in [4.69, 9.17) is 4.74 Å². The lowest BCUT2D eigenvalue weighted by Gasteiger charge is -2.30. The third-order valence-electron chi connectivity index (χ3n) is 4.87. The number of nitrogens with zero attached hydrogens (tertiary/aromatic N) is 1. The van der Waals surface area contributed by atoms with Crippen LogP contribution in [0.5, 0.6) is 5.75 Å². The molecule has 1 aliphatic heterocycles. The molecular weight excluding hydrogens is 445 g/mol. The Bertz CT molecular complexity index is 1040. The summed E-state index contributed by atoms with van der Waals surface area (Å²) in [6.45, 7) is 3.71. The molecule has 0 radical (unpaired) electrons. The Morgan fingerprint density at radius 2 is 1.90 bits per heavy atom. The number of thiophene rings is 1. The maximum Gasteiger partial charge on any atom is 0.279 e. The first-order valence-corrected chi connectivity index (χ1v) is 12.0. The number of carbonyl (C=O) groups excluding carboxylic acids is 2. The summed E-state index contributed by atoms with van der Waals surface area (Å²) >= 11 is 1.19. The van der Waals surface area contributed by atoms with E-state index in [0.29, 0.717) is 25.1 Å². The summed E-state index contributed by atoms with van der Waals surface area (Å²) in [6, 6.07) is 8.52. The molecule has 2 amide bonds. The van der Waals surface area contributed by atoms with Crippen molar-refractivity contribution in [2.24, 2.45) is 5.92 Å². The molecule has 0 spiro atoms. The lowest BCUT2D eigenvalue weighted by molar-refractivity contribution is -0.134. The molecule has 1 fully saturated rings. The Morgan fingerprint density at radius 1 is 1.19 bits per heavy atom. The first-order valence-electron chi connectivity index (χ1n) is 9.75. The molecular formula is C20H24FN3O5S2. The summed E-state index contributed by atoms with van der Waals surface area (Å²) < 4.78 is 45.5. The standard InChI is InChI=1S/C20H24FN3O5S2/c1-13-5-10-18(30-13)31(27,28)24-11-3-4-15(12-24)20(26)23-22-19(25)14(2)29-17-8-6-16(21)7-9-17/h5-10,14-15H,3-4,11-12H2,1-2H3,(H,22,25)(H,23,26). The number of carbonyl (C=O) groups is 2. The number of piperidine rings is 1. The van der Waals surface area contributed by atoms with E-state index in [9.17, 15) is 22.4 Å². The van der Waals surface area contributed by atoms with Gasteiger partial charge in [0.15, 0.2) is 6.10 Å². The SMILES string of the molecule is Cc1ccc(S(=O)(=O)N2CCCC(C(=O)NNC(=O)C(C)Oc3ccc(F)cc3)C2)s1. The maximum atomic E-state index is 12.9. The first-order chi connectivity index (χ1) is 14.7. The molecule has 2 aromatic rings. The monoisotopic (exact) mass is 469 g/mol. The molecule has 11 heteroatoms. The van der Waals surface area contributed by atoms with Gasteiger partial charge in [-0.15, -0.1) is 11.3 Å². The predicted octanol–water partition coefficient (Wildman–Crippen LogP) is 2.21. The topological polar surface area (TPSA) is 105 Å². The quantitative estimate of drug-likeness (QED) is 0.632. The number of hydrogen-bond acceptors (Lipinski definition) is 6. The lowest BCUT2D eigenvalue weighted by Crippen LogP contribution is -2.52. The van der Waals surface area contributed by atoms with Gasteiger partial charge in [-0.2, -0.15) is 4.31 Å². The van der Waals surface area contributed by atoms with Crippen LogP contribution in [0.2, 0.25) is 0 Å². The average molecular weight is 470 g/mol. The van der Waals surface area contributed by atoms with Crippen LogP contribution >= 0.6 is 11.3 Å². The van der Waals surface area contributed by atoms with Crippen LogP contribution in [0.4, 0.5) is 4.39 Å². The molecule has 2 atom stereocenters. The van der Waals surface area contributed by atoms with E-state index in [2.05, 4.69) is 10.9 Å². The maximum absolute atomic E-state index is 12.9. The Labute approximate surface area is 184 Å². The van der Waals surface area contributed by atoms with Gasteiger partial charge in [0.05, 0.1) is 5.92 Å². The van der Waals surface area contributed by atoms with Crippen molar-refractivity contribution in [2.45, 2.75) is 37.0 Å². The molecule has 31 heavy (non-hydrogen) atoms. The van der Waals surface area contributed by atoms with Crippen molar-refractivity contribution in [3.05, 3.63) is 47.1 Å². The van der Waals surface area contributed by atoms with Gasteiger partial charge in [0.1, 0.15) is 15.8 Å². The fourth-order valence-corrected chi connectivity index (χ4v) is 6.11. The van der Waals surface area contributed by atoms with Crippen LogP contribution in [-0.4, -0.2) is 43.7 Å². The van der Waals surface area contributed by atoms with Crippen LogP contribution < -0.4 is 15.6 Å². The van der Waals surface area contributed by atoms with E-state index >= 15 is 0 Å². The lowest BCUT2D eigenvalue weighted by atomic mass is 9.99. The summed E-state index contributed by atoms with van der Waals surface area (Å²) in [5.41, 5.74) is 4.64. The average Bonchev–Trinajstić information content (AvgIpc) is 3.20. The van der Waals surface area contributed by atoms with Gasteiger partial charge in [-0.1, -0.05) is 0 Å². The van der Waals surface area contributed by atoms with Gasteiger partial charge in [-0.3, -0.25) is 20.4 Å². The van der Waals surface area contributed by atoms with Gasteiger partial charge in [0.2, 0.25) is 5.91 Å². The minimum atomic E-state index is -3.65. The highest BCUT2D eigenvalue weighted by Crippen LogP contribution is 2.28. The number of amides is 2. The largest absolute Gasteiger partial charge is 0.481 e. The number of nitrogens with one attached hydrogen (secondary N) is 2. The molecule has 0 aliphatic carbocycles. The van der Waals surface area contributed by atoms with Crippen LogP contribution in [0, 0.1) is 18.7 Å². The Balaban J connectivity index is 1.52. The molecule has 2 N–H and O–H groups in total. The smallest absolute Gasteiger partial charge is 0.279 e. The minimum absolute atomic E-state index is 0.0443. The Kier molecular flexibility index (Phi) is 7.29. The van der Waals surface area contributed by atoms with Crippen molar-refractivity contribution in [1.29, 1.82) is 0 Å². The summed E-state index contributed by atoms with van der Waals surface area (Å²) in [7, 11) is -3.65. The van der Waals surface area contributed by atoms with Gasteiger partial charge in [0, 0.05) is 18.0 Å². The molecule has 168 valence electrons. The number of ether oxygens (including phenoxy) is 1. The number of rotatable bonds is 6. The van der Waals surface area contributed by atoms with E-state index in [1.807, 2.05) is 6.92 Å². The number of hydrazine groups is 1. The summed E-state index contributed by atoms with van der Waals surface area (Å²) in [4.78, 5) is 25.6. The van der Waals surface area contributed by atoms with Crippen LogP contribution in [0.3, 0.4) is 0 Å². The molecule has 8 nitrogen and oxygen atoms in total. The van der Waals surface area contributed by atoms with Crippen molar-refractivity contribution in [1.82, 2.24) is 15.2 Å². The normalized spacial score (nSPS) is 18.2. The summed E-state index contributed by atoms with van der Waals surface area (Å²) in [6.07, 6.45) is 0.120. The van der Waals surface area contributed by atoms with Crippen LogP contribution in [0.15, 0.2) is 40.6 Å². The van der Waals surface area contributed by atoms with Gasteiger partial charge >= 0.3 is 0 Å². The number of halogens is 1. The molecule has 1 aliphatic rings. The number of benzene rings is 1. The van der Waals surface area contributed by atoms with E-state index in [0.717, 1.165) is 4.88 Å². The highest BCUT2D eigenvalue weighted by Gasteiger charge is 2.34. The molecule has 1 saturated heterocycles. The highest BCUT2D eigenvalue weighted by molar-refractivity contribution is 7.91. The predicted molar refractivity (Wildman–Crippen MR) is 113 cm³/mol. The molecule has 2 heterocycles. The molecule has 3 rings (SSSR count). The van der Waals surface area contributed by atoms with E-state index in [-0.39, 0.29) is 10.8 Å². The second-order valence-electron chi connectivity index (χ2n) is 7.26. The molecule has 1 aromatic heterocycles. The molecule has 1 aromatic carbocycles. The molecule has 0 bridgehead atoms. The van der Waals surface area contributed by atoms with Gasteiger partial charge < -0.3 is 4.74 Å². The molecule has 0 saturated carbocycles. The van der Waals surface area contributed by atoms with Gasteiger partial charge in [-0.25, -0.2) is 12.8 Å². The van der Waals surface area contributed by atoms with Crippen LogP contribution in [0.1, 0.15) is 24.6 Å². The number of aryl methyl sites for hydroxylation is 1. The van der Waals surface area contributed by atoms with Crippen LogP contribution in [0.25, 0.3) is 0 Å². The third-order valence-corrected chi connectivity index (χ3v) is 8.20. The van der Waals surface area contributed by atoms with Crippen molar-refractivity contribution in [3.8, 4) is 5.75 Å².